The molecular weight excluding hydrogens is 340 g/mol. The molecule has 0 saturated heterocycles. The molecule has 0 aliphatic rings. The average Bonchev–Trinajstić information content (AvgIpc) is 2.38. The predicted molar refractivity (Wildman–Crippen MR) is 85.2 cm³/mol. The monoisotopic (exact) mass is 354 g/mol. The van der Waals surface area contributed by atoms with E-state index in [4.69, 9.17) is 5.73 Å². The van der Waals surface area contributed by atoms with Crippen LogP contribution >= 0.6 is 15.9 Å². The molecule has 0 aliphatic heterocycles. The molecule has 2 aromatic carbocycles. The second kappa shape index (κ2) is 5.85. The summed E-state index contributed by atoms with van der Waals surface area (Å²) in [5.74, 6) is 0. The molecule has 2 rings (SSSR count). The van der Waals surface area contributed by atoms with Gasteiger partial charge in [-0.1, -0.05) is 19.1 Å². The predicted octanol–water partition coefficient (Wildman–Crippen LogP) is 3.39. The van der Waals surface area contributed by atoms with E-state index in [1.165, 1.54) is 6.07 Å². The largest absolute Gasteiger partial charge is 0.399 e. The quantitative estimate of drug-likeness (QED) is 0.826. The number of hydrogen-bond acceptors (Lipinski definition) is 3. The summed E-state index contributed by atoms with van der Waals surface area (Å²) in [7, 11) is -3.63. The van der Waals surface area contributed by atoms with E-state index in [9.17, 15) is 8.42 Å². The number of anilines is 2. The van der Waals surface area contributed by atoms with Crippen molar-refractivity contribution in [2.75, 3.05) is 10.5 Å². The number of aryl methyl sites for hydroxylation is 1. The minimum absolute atomic E-state index is 0.159. The third-order valence-electron chi connectivity index (χ3n) is 2.86. The normalized spacial score (nSPS) is 11.3. The summed E-state index contributed by atoms with van der Waals surface area (Å²) in [5.41, 5.74) is 7.80. The van der Waals surface area contributed by atoms with Crippen LogP contribution in [-0.4, -0.2) is 8.42 Å². The van der Waals surface area contributed by atoms with Gasteiger partial charge in [-0.3, -0.25) is 4.72 Å². The zero-order valence-electron chi connectivity index (χ0n) is 10.9. The van der Waals surface area contributed by atoms with Gasteiger partial charge in [0.2, 0.25) is 0 Å². The molecule has 0 aliphatic carbocycles. The second-order valence-electron chi connectivity index (χ2n) is 4.35. The van der Waals surface area contributed by atoms with E-state index >= 15 is 0 Å². The summed E-state index contributed by atoms with van der Waals surface area (Å²) in [6, 6.07) is 11.9. The van der Waals surface area contributed by atoms with Crippen molar-refractivity contribution in [1.82, 2.24) is 0 Å². The zero-order valence-corrected chi connectivity index (χ0v) is 13.3. The molecule has 4 nitrogen and oxygen atoms in total. The molecule has 106 valence electrons. The molecule has 0 spiro atoms. The molecular formula is C14H15BrN2O2S. The van der Waals surface area contributed by atoms with Crippen molar-refractivity contribution in [3.05, 3.63) is 52.5 Å². The SMILES string of the molecule is CCc1ccc(NS(=O)(=O)c2ccc(N)cc2Br)cc1. The fourth-order valence-corrected chi connectivity index (χ4v) is 3.91. The van der Waals surface area contributed by atoms with Crippen LogP contribution in [0.25, 0.3) is 0 Å². The van der Waals surface area contributed by atoms with E-state index in [0.29, 0.717) is 15.8 Å². The van der Waals surface area contributed by atoms with E-state index in [-0.39, 0.29) is 4.90 Å². The molecule has 0 aromatic heterocycles. The summed E-state index contributed by atoms with van der Waals surface area (Å²) >= 11 is 3.22. The van der Waals surface area contributed by atoms with Gasteiger partial charge in [-0.25, -0.2) is 8.42 Å². The molecule has 2 aromatic rings. The number of hydrogen-bond donors (Lipinski definition) is 2. The van der Waals surface area contributed by atoms with E-state index in [0.717, 1.165) is 12.0 Å². The third kappa shape index (κ3) is 3.32. The lowest BCUT2D eigenvalue weighted by molar-refractivity contribution is 0.601. The van der Waals surface area contributed by atoms with Crippen LogP contribution in [0, 0.1) is 0 Å². The third-order valence-corrected chi connectivity index (χ3v) is 5.22. The van der Waals surface area contributed by atoms with Crippen LogP contribution in [0.4, 0.5) is 11.4 Å². The molecule has 0 radical (unpaired) electrons. The van der Waals surface area contributed by atoms with E-state index in [1.54, 1.807) is 24.3 Å². The van der Waals surface area contributed by atoms with Crippen LogP contribution in [0.2, 0.25) is 0 Å². The van der Waals surface area contributed by atoms with Crippen molar-refractivity contribution in [2.45, 2.75) is 18.2 Å². The molecule has 0 heterocycles. The molecule has 0 unspecified atom stereocenters. The average molecular weight is 355 g/mol. The van der Waals surface area contributed by atoms with Crippen LogP contribution < -0.4 is 10.5 Å². The van der Waals surface area contributed by atoms with Crippen molar-refractivity contribution >= 4 is 37.3 Å². The Balaban J connectivity index is 2.30. The Bertz CT molecular complexity index is 712. The van der Waals surface area contributed by atoms with Crippen molar-refractivity contribution in [3.8, 4) is 0 Å². The number of rotatable bonds is 4. The van der Waals surface area contributed by atoms with Crippen molar-refractivity contribution < 1.29 is 8.42 Å². The Morgan fingerprint density at radius 2 is 1.80 bits per heavy atom. The molecule has 0 atom stereocenters. The molecule has 20 heavy (non-hydrogen) atoms. The maximum Gasteiger partial charge on any atom is 0.263 e. The lowest BCUT2D eigenvalue weighted by Crippen LogP contribution is -2.13. The Morgan fingerprint density at radius 3 is 2.35 bits per heavy atom. The van der Waals surface area contributed by atoms with Gasteiger partial charge >= 0.3 is 0 Å². The van der Waals surface area contributed by atoms with E-state index in [2.05, 4.69) is 20.7 Å². The number of sulfonamides is 1. The highest BCUT2D eigenvalue weighted by Crippen LogP contribution is 2.26. The molecule has 3 N–H and O–H groups in total. The number of nitrogens with two attached hydrogens (primary N) is 1. The second-order valence-corrected chi connectivity index (χ2v) is 6.85. The topological polar surface area (TPSA) is 72.2 Å². The molecule has 0 fully saturated rings. The van der Waals surface area contributed by atoms with Gasteiger partial charge in [0.15, 0.2) is 0 Å². The zero-order chi connectivity index (χ0) is 14.8. The fourth-order valence-electron chi connectivity index (χ4n) is 1.75. The van der Waals surface area contributed by atoms with Gasteiger partial charge in [0.05, 0.1) is 0 Å². The minimum atomic E-state index is -3.63. The Kier molecular flexibility index (Phi) is 4.35. The van der Waals surface area contributed by atoms with Crippen LogP contribution in [0.3, 0.4) is 0 Å². The molecule has 0 saturated carbocycles. The maximum absolute atomic E-state index is 12.3. The number of nitrogen functional groups attached to an aromatic ring is 1. The van der Waals surface area contributed by atoms with Crippen LogP contribution in [0.1, 0.15) is 12.5 Å². The lowest BCUT2D eigenvalue weighted by atomic mass is 10.2. The van der Waals surface area contributed by atoms with Crippen molar-refractivity contribution in [1.29, 1.82) is 0 Å². The van der Waals surface area contributed by atoms with E-state index in [1.807, 2.05) is 19.1 Å². The number of nitrogens with one attached hydrogen (secondary N) is 1. The first-order chi connectivity index (χ1) is 9.42. The van der Waals surface area contributed by atoms with Gasteiger partial charge < -0.3 is 5.73 Å². The Hall–Kier alpha value is -1.53. The summed E-state index contributed by atoms with van der Waals surface area (Å²) in [4.78, 5) is 0.159. The van der Waals surface area contributed by atoms with Crippen LogP contribution in [0.5, 0.6) is 0 Å². The van der Waals surface area contributed by atoms with Gasteiger partial charge in [0.25, 0.3) is 10.0 Å². The van der Waals surface area contributed by atoms with E-state index < -0.39 is 10.0 Å². The first kappa shape index (κ1) is 14.9. The van der Waals surface area contributed by atoms with Gasteiger partial charge in [0.1, 0.15) is 4.90 Å². The minimum Gasteiger partial charge on any atom is -0.399 e. The first-order valence-electron chi connectivity index (χ1n) is 6.09. The lowest BCUT2D eigenvalue weighted by Gasteiger charge is -2.10. The summed E-state index contributed by atoms with van der Waals surface area (Å²) in [5, 5.41) is 0. The van der Waals surface area contributed by atoms with Crippen LogP contribution in [-0.2, 0) is 16.4 Å². The fraction of sp³-hybridized carbons (Fsp3) is 0.143. The van der Waals surface area contributed by atoms with Crippen molar-refractivity contribution in [3.63, 3.8) is 0 Å². The van der Waals surface area contributed by atoms with Gasteiger partial charge in [-0.2, -0.15) is 0 Å². The molecule has 0 amide bonds. The highest BCUT2D eigenvalue weighted by atomic mass is 79.9. The van der Waals surface area contributed by atoms with Crippen LogP contribution in [0.15, 0.2) is 51.8 Å². The number of benzene rings is 2. The maximum atomic E-state index is 12.3. The van der Waals surface area contributed by atoms with Gasteiger partial charge in [-0.15, -0.1) is 0 Å². The summed E-state index contributed by atoms with van der Waals surface area (Å²) in [6.45, 7) is 2.05. The molecule has 0 bridgehead atoms. The van der Waals surface area contributed by atoms with Gasteiger partial charge in [0, 0.05) is 15.8 Å². The summed E-state index contributed by atoms with van der Waals surface area (Å²) < 4.78 is 27.6. The smallest absolute Gasteiger partial charge is 0.263 e. The first-order valence-corrected chi connectivity index (χ1v) is 8.37. The standard InChI is InChI=1S/C14H15BrN2O2S/c1-2-10-3-6-12(7-4-10)17-20(18,19)14-8-5-11(16)9-13(14)15/h3-9,17H,2,16H2,1H3. The Morgan fingerprint density at radius 1 is 1.15 bits per heavy atom. The number of halogens is 1. The highest BCUT2D eigenvalue weighted by Gasteiger charge is 2.17. The molecule has 6 heteroatoms. The summed E-state index contributed by atoms with van der Waals surface area (Å²) in [6.07, 6.45) is 0.913. The highest BCUT2D eigenvalue weighted by molar-refractivity contribution is 9.10. The Labute approximate surface area is 127 Å². The van der Waals surface area contributed by atoms with Gasteiger partial charge in [-0.05, 0) is 58.2 Å². The van der Waals surface area contributed by atoms with Crippen molar-refractivity contribution in [2.24, 2.45) is 0 Å².